The first-order chi connectivity index (χ1) is 17.8. The number of nitrogens with one attached hydrogen (secondary N) is 2. The fourth-order valence-corrected chi connectivity index (χ4v) is 6.13. The van der Waals surface area contributed by atoms with Gasteiger partial charge in [-0.05, 0) is 36.1 Å². The normalized spacial score (nSPS) is 25.9. The summed E-state index contributed by atoms with van der Waals surface area (Å²) in [4.78, 5) is 54.2. The second kappa shape index (κ2) is 9.19. The van der Waals surface area contributed by atoms with Gasteiger partial charge in [-0.2, -0.15) is 0 Å². The smallest absolute Gasteiger partial charge is 0.250 e. The average molecular weight is 507 g/mol. The molecule has 2 fully saturated rings. The van der Waals surface area contributed by atoms with Gasteiger partial charge in [0.25, 0.3) is 0 Å². The highest BCUT2D eigenvalue weighted by Crippen LogP contribution is 2.54. The van der Waals surface area contributed by atoms with Crippen LogP contribution in [0.3, 0.4) is 0 Å². The number of anilines is 1. The van der Waals surface area contributed by atoms with Crippen molar-refractivity contribution < 1.29 is 28.7 Å². The zero-order valence-electron chi connectivity index (χ0n) is 21.0. The predicted molar refractivity (Wildman–Crippen MR) is 134 cm³/mol. The van der Waals surface area contributed by atoms with Gasteiger partial charge in [0.15, 0.2) is 11.5 Å². The van der Waals surface area contributed by atoms with Gasteiger partial charge in [-0.25, -0.2) is 0 Å². The highest BCUT2D eigenvalue weighted by molar-refractivity contribution is 6.15. The maximum absolute atomic E-state index is 13.9. The monoisotopic (exact) mass is 506 g/mol. The SMILES string of the molecule is CCc1cccc2c1NC(=O)[C@]21NC(CC(N)=O)C2C(=O)N(CCc3ccc(OC)c(OC)c3)C(=O)C21. The Balaban J connectivity index is 1.50. The lowest BCUT2D eigenvalue weighted by Gasteiger charge is -2.29. The molecule has 2 aromatic carbocycles. The van der Waals surface area contributed by atoms with Crippen molar-refractivity contribution in [3.05, 3.63) is 53.1 Å². The van der Waals surface area contributed by atoms with Gasteiger partial charge in [-0.15, -0.1) is 0 Å². The van der Waals surface area contributed by atoms with E-state index in [0.717, 1.165) is 11.1 Å². The molecule has 4 N–H and O–H groups in total. The minimum atomic E-state index is -1.45. The van der Waals surface area contributed by atoms with Gasteiger partial charge >= 0.3 is 0 Å². The van der Waals surface area contributed by atoms with E-state index < -0.39 is 47.0 Å². The standard InChI is InChI=1S/C27H30N4O6/c1-4-15-6-5-7-16-23(15)29-26(35)27(16)22-21(17(30-27)13-20(28)32)24(33)31(25(22)34)11-10-14-8-9-18(36-2)19(12-14)37-3/h5-9,12,17,21-22,30H,4,10-11,13H2,1-3H3,(H2,28,32)(H,29,35)/t17?,21?,22?,27-/m0/s1. The summed E-state index contributed by atoms with van der Waals surface area (Å²) in [6.07, 6.45) is 0.908. The van der Waals surface area contributed by atoms with Crippen molar-refractivity contribution >= 4 is 29.3 Å². The largest absolute Gasteiger partial charge is 0.493 e. The Morgan fingerprint density at radius 3 is 2.51 bits per heavy atom. The van der Waals surface area contributed by atoms with Crippen molar-refractivity contribution in [2.24, 2.45) is 17.6 Å². The third-order valence-electron chi connectivity index (χ3n) is 7.80. The maximum Gasteiger partial charge on any atom is 0.250 e. The molecule has 3 aliphatic heterocycles. The molecule has 0 saturated carbocycles. The van der Waals surface area contributed by atoms with E-state index in [9.17, 15) is 19.2 Å². The van der Waals surface area contributed by atoms with Gasteiger partial charge in [0.2, 0.25) is 23.6 Å². The number of carbonyl (C=O) groups excluding carboxylic acids is 4. The Kier molecular flexibility index (Phi) is 6.15. The number of hydrogen-bond donors (Lipinski definition) is 3. The van der Waals surface area contributed by atoms with Crippen LogP contribution < -0.4 is 25.8 Å². The van der Waals surface area contributed by atoms with Crippen LogP contribution in [0.5, 0.6) is 11.5 Å². The van der Waals surface area contributed by atoms with Crippen LogP contribution in [-0.4, -0.2) is 55.3 Å². The van der Waals surface area contributed by atoms with Crippen LogP contribution in [0.15, 0.2) is 36.4 Å². The Hall–Kier alpha value is -3.92. The van der Waals surface area contributed by atoms with Gasteiger partial charge in [0.1, 0.15) is 5.54 Å². The minimum Gasteiger partial charge on any atom is -0.493 e. The number of imide groups is 1. The number of rotatable bonds is 8. The number of carbonyl (C=O) groups is 4. The van der Waals surface area contributed by atoms with Crippen LogP contribution in [0, 0.1) is 11.8 Å². The lowest BCUT2D eigenvalue weighted by molar-refractivity contribution is -0.142. The second-order valence-corrected chi connectivity index (χ2v) is 9.65. The van der Waals surface area contributed by atoms with E-state index in [1.54, 1.807) is 25.3 Å². The van der Waals surface area contributed by atoms with Crippen LogP contribution in [0.25, 0.3) is 0 Å². The molecule has 0 bridgehead atoms. The molecule has 0 aromatic heterocycles. The maximum atomic E-state index is 13.9. The number of primary amides is 1. The topological polar surface area (TPSA) is 140 Å². The number of aryl methyl sites for hydroxylation is 1. The Bertz CT molecular complexity index is 1310. The molecule has 4 amide bonds. The summed E-state index contributed by atoms with van der Waals surface area (Å²) in [6.45, 7) is 2.11. The number of para-hydroxylation sites is 1. The second-order valence-electron chi connectivity index (χ2n) is 9.65. The predicted octanol–water partition coefficient (Wildman–Crippen LogP) is 1.10. The van der Waals surface area contributed by atoms with Crippen LogP contribution in [0.1, 0.15) is 30.0 Å². The van der Waals surface area contributed by atoms with E-state index in [-0.39, 0.29) is 13.0 Å². The van der Waals surface area contributed by atoms with E-state index >= 15 is 0 Å². The summed E-state index contributed by atoms with van der Waals surface area (Å²) >= 11 is 0. The molecule has 194 valence electrons. The first-order valence-corrected chi connectivity index (χ1v) is 12.3. The zero-order chi connectivity index (χ0) is 26.5. The van der Waals surface area contributed by atoms with Crippen molar-refractivity contribution in [1.82, 2.24) is 10.2 Å². The van der Waals surface area contributed by atoms with E-state index in [1.807, 2.05) is 25.1 Å². The highest BCUT2D eigenvalue weighted by Gasteiger charge is 2.70. The molecule has 2 saturated heterocycles. The summed E-state index contributed by atoms with van der Waals surface area (Å²) in [7, 11) is 3.08. The lowest BCUT2D eigenvalue weighted by atomic mass is 9.76. The molecule has 1 spiro atoms. The fraction of sp³-hybridized carbons (Fsp3) is 0.407. The lowest BCUT2D eigenvalue weighted by Crippen LogP contribution is -2.53. The Labute approximate surface area is 214 Å². The molecule has 3 unspecified atom stereocenters. The van der Waals surface area contributed by atoms with E-state index in [2.05, 4.69) is 10.6 Å². The summed E-state index contributed by atoms with van der Waals surface area (Å²) in [6, 6.07) is 10.2. The van der Waals surface area contributed by atoms with E-state index in [1.165, 1.54) is 12.0 Å². The summed E-state index contributed by atoms with van der Waals surface area (Å²) in [5.41, 5.74) is 7.13. The molecule has 5 rings (SSSR count). The van der Waals surface area contributed by atoms with Crippen LogP contribution in [0.4, 0.5) is 5.69 Å². The van der Waals surface area contributed by atoms with Crippen LogP contribution in [-0.2, 0) is 37.6 Å². The van der Waals surface area contributed by atoms with Gasteiger partial charge in [-0.1, -0.05) is 31.2 Å². The number of nitrogens with zero attached hydrogens (tertiary/aromatic N) is 1. The van der Waals surface area contributed by atoms with E-state index in [4.69, 9.17) is 15.2 Å². The summed E-state index contributed by atoms with van der Waals surface area (Å²) in [5, 5.41) is 6.17. The van der Waals surface area contributed by atoms with Crippen molar-refractivity contribution in [3.8, 4) is 11.5 Å². The first kappa shape index (κ1) is 24.8. The van der Waals surface area contributed by atoms with Crippen molar-refractivity contribution in [2.75, 3.05) is 26.1 Å². The molecule has 4 atom stereocenters. The first-order valence-electron chi connectivity index (χ1n) is 12.3. The molecule has 3 aliphatic rings. The summed E-state index contributed by atoms with van der Waals surface area (Å²) in [5.74, 6) is -2.58. The molecular formula is C27H30N4O6. The number of benzene rings is 2. The van der Waals surface area contributed by atoms with Gasteiger partial charge in [-0.3, -0.25) is 29.4 Å². The Morgan fingerprint density at radius 2 is 1.84 bits per heavy atom. The number of ether oxygens (including phenoxy) is 2. The molecule has 37 heavy (non-hydrogen) atoms. The van der Waals surface area contributed by atoms with Crippen molar-refractivity contribution in [1.29, 1.82) is 0 Å². The van der Waals surface area contributed by atoms with E-state index in [0.29, 0.717) is 35.6 Å². The number of amides is 4. The third-order valence-corrected chi connectivity index (χ3v) is 7.80. The molecule has 0 aliphatic carbocycles. The molecular weight excluding hydrogens is 476 g/mol. The van der Waals surface area contributed by atoms with Gasteiger partial charge in [0, 0.05) is 30.3 Å². The molecule has 10 heteroatoms. The molecule has 0 radical (unpaired) electrons. The summed E-state index contributed by atoms with van der Waals surface area (Å²) < 4.78 is 10.6. The van der Waals surface area contributed by atoms with Crippen LogP contribution >= 0.6 is 0 Å². The zero-order valence-corrected chi connectivity index (χ0v) is 21.0. The molecule has 2 aromatic rings. The van der Waals surface area contributed by atoms with Crippen molar-refractivity contribution in [3.63, 3.8) is 0 Å². The van der Waals surface area contributed by atoms with Gasteiger partial charge in [0.05, 0.1) is 26.1 Å². The average Bonchev–Trinajstić information content (AvgIpc) is 3.46. The van der Waals surface area contributed by atoms with Crippen LogP contribution in [0.2, 0.25) is 0 Å². The van der Waals surface area contributed by atoms with Gasteiger partial charge < -0.3 is 20.5 Å². The van der Waals surface area contributed by atoms with Crippen molar-refractivity contribution in [2.45, 2.75) is 37.8 Å². The number of likely N-dealkylation sites (tertiary alicyclic amines) is 1. The third kappa shape index (κ3) is 3.66. The fourth-order valence-electron chi connectivity index (χ4n) is 6.13. The quantitative estimate of drug-likeness (QED) is 0.456. The highest BCUT2D eigenvalue weighted by atomic mass is 16.5. The number of methoxy groups -OCH3 is 2. The number of nitrogens with two attached hydrogens (primary N) is 1. The minimum absolute atomic E-state index is 0.128. The Morgan fingerprint density at radius 1 is 1.08 bits per heavy atom. The molecule has 3 heterocycles. The number of fused-ring (bicyclic) bond motifs is 4. The molecule has 10 nitrogen and oxygen atoms in total. The number of hydrogen-bond acceptors (Lipinski definition) is 7.